The van der Waals surface area contributed by atoms with Gasteiger partial charge in [0.25, 0.3) is 0 Å². The van der Waals surface area contributed by atoms with Crippen molar-refractivity contribution in [3.8, 4) is 0 Å². The molecule has 0 bridgehead atoms. The molecule has 2 unspecified atom stereocenters. The van der Waals surface area contributed by atoms with Gasteiger partial charge >= 0.3 is 6.18 Å². The van der Waals surface area contributed by atoms with Crippen LogP contribution in [0.25, 0.3) is 10.9 Å². The molecule has 2 N–H and O–H groups in total. The number of aromatic amines is 1. The number of halogens is 4. The van der Waals surface area contributed by atoms with E-state index in [9.17, 15) is 22.7 Å². The van der Waals surface area contributed by atoms with Crippen LogP contribution in [-0.2, 0) is 23.1 Å². The van der Waals surface area contributed by atoms with E-state index in [1.165, 1.54) is 19.9 Å². The maximum Gasteiger partial charge on any atom is 0.398 e. The van der Waals surface area contributed by atoms with Gasteiger partial charge in [-0.25, -0.2) is 4.39 Å². The summed E-state index contributed by atoms with van der Waals surface area (Å²) in [5.74, 6) is -0.732. The normalized spacial score (nSPS) is 19.0. The summed E-state index contributed by atoms with van der Waals surface area (Å²) >= 11 is 0. The highest BCUT2D eigenvalue weighted by Gasteiger charge is 2.55. The molecular weight excluding hydrogens is 460 g/mol. The number of nitrogens with zero attached hydrogens (tertiary/aromatic N) is 1. The molecule has 0 radical (unpaired) electrons. The van der Waals surface area contributed by atoms with Gasteiger partial charge in [0.15, 0.2) is 0 Å². The van der Waals surface area contributed by atoms with Gasteiger partial charge in [-0.05, 0) is 79.6 Å². The minimum atomic E-state index is -4.68. The number of H-pyrrole nitrogens is 1. The zero-order chi connectivity index (χ0) is 25.4. The highest BCUT2D eigenvalue weighted by atomic mass is 19.4. The number of aryl methyl sites for hydroxylation is 1. The van der Waals surface area contributed by atoms with Gasteiger partial charge in [-0.15, -0.1) is 0 Å². The van der Waals surface area contributed by atoms with E-state index in [2.05, 4.69) is 16.0 Å². The molecule has 0 amide bonds. The Labute approximate surface area is 202 Å². The molecule has 35 heavy (non-hydrogen) atoms. The first-order chi connectivity index (χ1) is 16.4. The fourth-order valence-corrected chi connectivity index (χ4v) is 5.22. The van der Waals surface area contributed by atoms with Crippen molar-refractivity contribution in [2.75, 3.05) is 26.3 Å². The Balaban J connectivity index is 1.56. The molecule has 0 aliphatic carbocycles. The van der Waals surface area contributed by atoms with Crippen LogP contribution in [0.5, 0.6) is 0 Å². The Kier molecular flexibility index (Phi) is 7.01. The number of fused-ring (bicyclic) bond motifs is 1. The number of aromatic nitrogens is 1. The number of ether oxygens (including phenoxy) is 1. The molecule has 1 aromatic heterocycles. The Morgan fingerprint density at radius 2 is 1.74 bits per heavy atom. The lowest BCUT2D eigenvalue weighted by Gasteiger charge is -2.39. The lowest BCUT2D eigenvalue weighted by molar-refractivity contribution is -0.200. The second-order valence-electron chi connectivity index (χ2n) is 10.2. The molecule has 2 heterocycles. The summed E-state index contributed by atoms with van der Waals surface area (Å²) in [6, 6.07) is 11.3. The Bertz CT molecular complexity index is 1180. The molecule has 0 saturated carbocycles. The summed E-state index contributed by atoms with van der Waals surface area (Å²) in [6.45, 7) is 7.96. The molecule has 2 atom stereocenters. The molecule has 4 rings (SSSR count). The summed E-state index contributed by atoms with van der Waals surface area (Å²) in [5.41, 5.74) is -1.28. The average molecular weight is 493 g/mol. The number of nitrogens with one attached hydrogen (secondary N) is 1. The molecule has 4 nitrogen and oxygen atoms in total. The highest BCUT2D eigenvalue weighted by molar-refractivity contribution is 5.81. The van der Waals surface area contributed by atoms with Crippen LogP contribution in [-0.4, -0.2) is 53.1 Å². The van der Waals surface area contributed by atoms with E-state index in [-0.39, 0.29) is 12.0 Å². The third kappa shape index (κ3) is 5.71. The first kappa shape index (κ1) is 25.7. The average Bonchev–Trinajstić information content (AvgIpc) is 3.15. The first-order valence-electron chi connectivity index (χ1n) is 11.8. The van der Waals surface area contributed by atoms with E-state index >= 15 is 0 Å². The predicted octanol–water partition coefficient (Wildman–Crippen LogP) is 5.65. The monoisotopic (exact) mass is 492 g/mol. The van der Waals surface area contributed by atoms with Crippen LogP contribution in [0.4, 0.5) is 17.6 Å². The Morgan fingerprint density at radius 1 is 1.03 bits per heavy atom. The van der Waals surface area contributed by atoms with Gasteiger partial charge in [-0.3, -0.25) is 4.90 Å². The quantitative estimate of drug-likeness (QED) is 0.419. The van der Waals surface area contributed by atoms with Crippen molar-refractivity contribution in [3.63, 3.8) is 0 Å². The van der Waals surface area contributed by atoms with Crippen molar-refractivity contribution in [1.82, 2.24) is 9.88 Å². The summed E-state index contributed by atoms with van der Waals surface area (Å²) < 4.78 is 62.3. The fourth-order valence-electron chi connectivity index (χ4n) is 5.22. The van der Waals surface area contributed by atoms with Crippen LogP contribution in [0.1, 0.15) is 42.7 Å². The van der Waals surface area contributed by atoms with Crippen molar-refractivity contribution in [1.29, 1.82) is 0 Å². The lowest BCUT2D eigenvalue weighted by atomic mass is 9.71. The van der Waals surface area contributed by atoms with Crippen LogP contribution in [0.2, 0.25) is 0 Å². The molecule has 1 saturated heterocycles. The van der Waals surface area contributed by atoms with Crippen LogP contribution in [0.3, 0.4) is 0 Å². The second-order valence-corrected chi connectivity index (χ2v) is 10.2. The molecular formula is C27H32F4N2O2. The number of aliphatic hydroxyl groups is 1. The van der Waals surface area contributed by atoms with Gasteiger partial charge < -0.3 is 14.8 Å². The summed E-state index contributed by atoms with van der Waals surface area (Å²) in [4.78, 5) is 5.55. The van der Waals surface area contributed by atoms with E-state index in [0.29, 0.717) is 11.3 Å². The number of morpholine rings is 1. The standard InChI is InChI=1S/C27H32F4N2O2/c1-18-4-6-21(28)14-23(18)26(3,27(29,30)31)17-25(2,34)15-22-13-20-12-19(5-7-24(20)32-22)16-33-8-10-35-11-9-33/h4-7,12-14,32,34H,8-11,15-17H2,1-3H3. The van der Waals surface area contributed by atoms with Gasteiger partial charge in [-0.2, -0.15) is 13.2 Å². The van der Waals surface area contributed by atoms with Crippen LogP contribution < -0.4 is 0 Å². The zero-order valence-corrected chi connectivity index (χ0v) is 20.3. The molecule has 0 spiro atoms. The number of hydrogen-bond donors (Lipinski definition) is 2. The number of benzene rings is 2. The number of hydrogen-bond acceptors (Lipinski definition) is 3. The zero-order valence-electron chi connectivity index (χ0n) is 20.3. The minimum absolute atomic E-state index is 0.000506. The number of rotatable bonds is 7. The van der Waals surface area contributed by atoms with Gasteiger partial charge in [0, 0.05) is 37.3 Å². The van der Waals surface area contributed by atoms with E-state index in [1.54, 1.807) is 0 Å². The van der Waals surface area contributed by atoms with Gasteiger partial charge in [0.05, 0.1) is 24.2 Å². The van der Waals surface area contributed by atoms with E-state index in [1.807, 2.05) is 18.2 Å². The third-order valence-corrected chi connectivity index (χ3v) is 6.98. The summed E-state index contributed by atoms with van der Waals surface area (Å²) in [5, 5.41) is 12.1. The summed E-state index contributed by atoms with van der Waals surface area (Å²) in [6.07, 6.45) is -5.28. The van der Waals surface area contributed by atoms with Gasteiger partial charge in [0.1, 0.15) is 5.82 Å². The summed E-state index contributed by atoms with van der Waals surface area (Å²) in [7, 11) is 0. The van der Waals surface area contributed by atoms with Crippen molar-refractivity contribution >= 4 is 10.9 Å². The predicted molar refractivity (Wildman–Crippen MR) is 128 cm³/mol. The highest BCUT2D eigenvalue weighted by Crippen LogP contribution is 2.47. The Hall–Kier alpha value is -2.42. The van der Waals surface area contributed by atoms with Gasteiger partial charge in [0.2, 0.25) is 0 Å². The van der Waals surface area contributed by atoms with E-state index < -0.39 is 29.4 Å². The molecule has 3 aromatic rings. The Morgan fingerprint density at radius 3 is 2.43 bits per heavy atom. The van der Waals surface area contributed by atoms with E-state index in [4.69, 9.17) is 4.74 Å². The van der Waals surface area contributed by atoms with Crippen LogP contribution >= 0.6 is 0 Å². The first-order valence-corrected chi connectivity index (χ1v) is 11.8. The van der Waals surface area contributed by atoms with Gasteiger partial charge in [-0.1, -0.05) is 12.1 Å². The largest absolute Gasteiger partial charge is 0.398 e. The number of alkyl halides is 3. The SMILES string of the molecule is Cc1ccc(F)cc1C(C)(CC(C)(O)Cc1cc2cc(CN3CCOCC3)ccc2[nH]1)C(F)(F)F. The fraction of sp³-hybridized carbons (Fsp3) is 0.481. The maximum atomic E-state index is 14.3. The third-order valence-electron chi connectivity index (χ3n) is 6.98. The maximum absolute atomic E-state index is 14.3. The van der Waals surface area contributed by atoms with E-state index in [0.717, 1.165) is 68.4 Å². The van der Waals surface area contributed by atoms with Crippen molar-refractivity contribution in [2.24, 2.45) is 0 Å². The smallest absolute Gasteiger partial charge is 0.390 e. The second kappa shape index (κ2) is 9.56. The van der Waals surface area contributed by atoms with Crippen LogP contribution in [0, 0.1) is 12.7 Å². The van der Waals surface area contributed by atoms with Crippen LogP contribution in [0.15, 0.2) is 42.5 Å². The molecule has 1 aliphatic heterocycles. The molecule has 1 aliphatic rings. The lowest BCUT2D eigenvalue weighted by Crippen LogP contribution is -2.47. The van der Waals surface area contributed by atoms with Crippen molar-refractivity contribution in [3.05, 3.63) is 70.7 Å². The molecule has 8 heteroatoms. The minimum Gasteiger partial charge on any atom is -0.390 e. The molecule has 190 valence electrons. The molecule has 1 fully saturated rings. The van der Waals surface area contributed by atoms with Crippen molar-refractivity contribution in [2.45, 2.75) is 57.3 Å². The molecule has 2 aromatic carbocycles. The van der Waals surface area contributed by atoms with Crippen molar-refractivity contribution < 1.29 is 27.4 Å². The topological polar surface area (TPSA) is 48.5 Å².